The van der Waals surface area contributed by atoms with E-state index in [1.165, 1.54) is 24.3 Å². The highest BCUT2D eigenvalue weighted by Gasteiger charge is 2.13. The van der Waals surface area contributed by atoms with Gasteiger partial charge in [-0.2, -0.15) is 0 Å². The lowest BCUT2D eigenvalue weighted by molar-refractivity contribution is -0.131. The first-order valence-corrected chi connectivity index (χ1v) is 10.5. The number of hydrogen-bond donors (Lipinski definition) is 1. The number of ether oxygens (including phenoxy) is 1. The largest absolute Gasteiger partial charge is 0.478 e. The normalized spacial score (nSPS) is 11.6. The smallest absolute Gasteiger partial charge is 0.328 e. The topological polar surface area (TPSA) is 80.7 Å². The molecule has 0 saturated heterocycles. The molecule has 5 nitrogen and oxygen atoms in total. The number of aliphatic carboxylic acids is 1. The molecule has 8 heteroatoms. The van der Waals surface area contributed by atoms with Crippen LogP contribution >= 0.6 is 0 Å². The molecule has 154 valence electrons. The van der Waals surface area contributed by atoms with Crippen LogP contribution in [0.5, 0.6) is 11.5 Å². The van der Waals surface area contributed by atoms with E-state index < -0.39 is 27.4 Å². The molecule has 0 saturated carbocycles. The van der Waals surface area contributed by atoms with Gasteiger partial charge >= 0.3 is 5.97 Å². The predicted molar refractivity (Wildman–Crippen MR) is 108 cm³/mol. The lowest BCUT2D eigenvalue weighted by Crippen LogP contribution is -1.97. The van der Waals surface area contributed by atoms with Crippen LogP contribution in [0.25, 0.3) is 17.2 Å². The second-order valence-electron chi connectivity index (χ2n) is 6.40. The molecule has 3 rings (SSSR count). The Bertz CT molecular complexity index is 1230. The summed E-state index contributed by atoms with van der Waals surface area (Å²) in [6, 6.07) is 13.6. The number of hydrogen-bond acceptors (Lipinski definition) is 4. The molecule has 3 aromatic rings. The average Bonchev–Trinajstić information content (AvgIpc) is 2.68. The summed E-state index contributed by atoms with van der Waals surface area (Å²) in [5.41, 5.74) is 1.56. The van der Waals surface area contributed by atoms with E-state index in [1.807, 2.05) is 0 Å². The van der Waals surface area contributed by atoms with E-state index in [-0.39, 0.29) is 16.4 Å². The van der Waals surface area contributed by atoms with Crippen molar-refractivity contribution in [3.63, 3.8) is 0 Å². The molecular weight excluding hydrogens is 414 g/mol. The molecule has 0 amide bonds. The highest BCUT2D eigenvalue weighted by molar-refractivity contribution is 7.90. The van der Waals surface area contributed by atoms with Gasteiger partial charge in [0.25, 0.3) is 0 Å². The van der Waals surface area contributed by atoms with Gasteiger partial charge in [-0.1, -0.05) is 18.2 Å². The Morgan fingerprint density at radius 3 is 2.23 bits per heavy atom. The van der Waals surface area contributed by atoms with Crippen LogP contribution in [0.4, 0.5) is 8.78 Å². The Balaban J connectivity index is 2.08. The van der Waals surface area contributed by atoms with Crippen LogP contribution in [0.15, 0.2) is 71.6 Å². The van der Waals surface area contributed by atoms with Crippen LogP contribution in [0.1, 0.15) is 5.56 Å². The van der Waals surface area contributed by atoms with Crippen molar-refractivity contribution in [3.05, 3.63) is 83.9 Å². The summed E-state index contributed by atoms with van der Waals surface area (Å²) in [4.78, 5) is 10.9. The first kappa shape index (κ1) is 21.2. The van der Waals surface area contributed by atoms with Crippen molar-refractivity contribution in [1.29, 1.82) is 0 Å². The minimum Gasteiger partial charge on any atom is -0.478 e. The van der Waals surface area contributed by atoms with E-state index in [9.17, 15) is 22.0 Å². The first-order chi connectivity index (χ1) is 14.1. The lowest BCUT2D eigenvalue weighted by atomic mass is 10.0. The zero-order valence-corrected chi connectivity index (χ0v) is 16.5. The van der Waals surface area contributed by atoms with Crippen molar-refractivity contribution >= 4 is 21.9 Å². The Labute approximate surface area is 171 Å². The van der Waals surface area contributed by atoms with Crippen molar-refractivity contribution in [2.45, 2.75) is 4.90 Å². The Hall–Kier alpha value is -3.52. The predicted octanol–water partition coefficient (Wildman–Crippen LogP) is 4.93. The van der Waals surface area contributed by atoms with E-state index in [1.54, 1.807) is 24.3 Å². The van der Waals surface area contributed by atoms with Gasteiger partial charge in [0.2, 0.25) is 0 Å². The standard InChI is InChI=1S/C22H16F2O5S/c1-30(27,28)17-7-4-15(5-8-17)18-12-14(3-11-22(25)26)2-9-20(18)29-21-10-6-16(23)13-19(21)24/h2-13H,1H3,(H,25,26). The lowest BCUT2D eigenvalue weighted by Gasteiger charge is -2.13. The molecule has 0 aliphatic rings. The molecular formula is C22H16F2O5S. The van der Waals surface area contributed by atoms with Gasteiger partial charge in [-0.05, 0) is 53.6 Å². The number of rotatable bonds is 6. The van der Waals surface area contributed by atoms with Crippen molar-refractivity contribution in [2.24, 2.45) is 0 Å². The van der Waals surface area contributed by atoms with Crippen molar-refractivity contribution in [2.75, 3.05) is 6.26 Å². The van der Waals surface area contributed by atoms with Gasteiger partial charge in [-0.15, -0.1) is 0 Å². The van der Waals surface area contributed by atoms with Crippen LogP contribution in [0.3, 0.4) is 0 Å². The summed E-state index contributed by atoms with van der Waals surface area (Å²) in [6.07, 6.45) is 3.43. The summed E-state index contributed by atoms with van der Waals surface area (Å²) in [7, 11) is -3.39. The molecule has 0 aliphatic heterocycles. The molecule has 0 heterocycles. The van der Waals surface area contributed by atoms with Crippen molar-refractivity contribution in [1.82, 2.24) is 0 Å². The molecule has 0 aliphatic carbocycles. The maximum Gasteiger partial charge on any atom is 0.328 e. The number of halogens is 2. The highest BCUT2D eigenvalue weighted by Crippen LogP contribution is 2.36. The van der Waals surface area contributed by atoms with Gasteiger partial charge in [-0.3, -0.25) is 0 Å². The van der Waals surface area contributed by atoms with Gasteiger partial charge in [0.1, 0.15) is 11.6 Å². The SMILES string of the molecule is CS(=O)(=O)c1ccc(-c2cc(C=CC(=O)O)ccc2Oc2ccc(F)cc2F)cc1. The minimum atomic E-state index is -3.39. The van der Waals surface area contributed by atoms with E-state index in [0.717, 1.165) is 24.5 Å². The van der Waals surface area contributed by atoms with Crippen LogP contribution < -0.4 is 4.74 Å². The fourth-order valence-corrected chi connectivity index (χ4v) is 3.32. The summed E-state index contributed by atoms with van der Waals surface area (Å²) in [5.74, 6) is -2.73. The average molecular weight is 430 g/mol. The van der Waals surface area contributed by atoms with Gasteiger partial charge in [0.15, 0.2) is 21.4 Å². The highest BCUT2D eigenvalue weighted by atomic mass is 32.2. The minimum absolute atomic E-state index is 0.125. The van der Waals surface area contributed by atoms with Crippen LogP contribution in [0.2, 0.25) is 0 Å². The number of carbonyl (C=O) groups is 1. The quantitative estimate of drug-likeness (QED) is 0.561. The van der Waals surface area contributed by atoms with Crippen molar-refractivity contribution in [3.8, 4) is 22.6 Å². The second-order valence-corrected chi connectivity index (χ2v) is 8.42. The second kappa shape index (κ2) is 8.46. The van der Waals surface area contributed by atoms with Crippen LogP contribution in [0, 0.1) is 11.6 Å². The number of sulfone groups is 1. The Morgan fingerprint density at radius 1 is 0.967 bits per heavy atom. The Kier molecular flexibility index (Phi) is 5.98. The fourth-order valence-electron chi connectivity index (χ4n) is 2.69. The Morgan fingerprint density at radius 2 is 1.63 bits per heavy atom. The van der Waals surface area contributed by atoms with Crippen molar-refractivity contribution < 1.29 is 31.8 Å². The van der Waals surface area contributed by atoms with Crippen LogP contribution in [-0.2, 0) is 14.6 Å². The molecule has 30 heavy (non-hydrogen) atoms. The molecule has 1 N–H and O–H groups in total. The summed E-state index contributed by atoms with van der Waals surface area (Å²) in [6.45, 7) is 0. The maximum absolute atomic E-state index is 14.0. The monoisotopic (exact) mass is 430 g/mol. The molecule has 0 spiro atoms. The number of carboxylic acid groups (broad SMARTS) is 1. The molecule has 0 atom stereocenters. The molecule has 0 aromatic heterocycles. The van der Waals surface area contributed by atoms with E-state index >= 15 is 0 Å². The molecule has 3 aromatic carbocycles. The summed E-state index contributed by atoms with van der Waals surface area (Å²) in [5, 5.41) is 8.83. The third-order valence-electron chi connectivity index (χ3n) is 4.13. The first-order valence-electron chi connectivity index (χ1n) is 8.62. The fraction of sp³-hybridized carbons (Fsp3) is 0.0455. The molecule has 0 bridgehead atoms. The zero-order chi connectivity index (χ0) is 21.9. The third-order valence-corrected chi connectivity index (χ3v) is 5.26. The maximum atomic E-state index is 14.0. The van der Waals surface area contributed by atoms with E-state index in [4.69, 9.17) is 9.84 Å². The van der Waals surface area contributed by atoms with Gasteiger partial charge < -0.3 is 9.84 Å². The molecule has 0 fully saturated rings. The van der Waals surface area contributed by atoms with Gasteiger partial charge in [0, 0.05) is 24.0 Å². The van der Waals surface area contributed by atoms with E-state index in [2.05, 4.69) is 0 Å². The summed E-state index contributed by atoms with van der Waals surface area (Å²) >= 11 is 0. The summed E-state index contributed by atoms with van der Waals surface area (Å²) < 4.78 is 56.2. The molecule has 0 radical (unpaired) electrons. The van der Waals surface area contributed by atoms with Crippen LogP contribution in [-0.4, -0.2) is 25.7 Å². The number of carboxylic acids is 1. The van der Waals surface area contributed by atoms with E-state index in [0.29, 0.717) is 22.8 Å². The molecule has 0 unspecified atom stereocenters. The zero-order valence-electron chi connectivity index (χ0n) is 15.7. The van der Waals surface area contributed by atoms with Gasteiger partial charge in [-0.25, -0.2) is 22.0 Å². The number of benzene rings is 3. The van der Waals surface area contributed by atoms with Gasteiger partial charge in [0.05, 0.1) is 4.90 Å². The third kappa shape index (κ3) is 5.09.